The molecule has 3 nitrogen and oxygen atoms in total. The fraction of sp³-hybridized carbons (Fsp3) is 1.00. The van der Waals surface area contributed by atoms with E-state index in [-0.39, 0.29) is 0 Å². The minimum absolute atomic E-state index is 0.301. The first-order valence-corrected chi connectivity index (χ1v) is 5.16. The van der Waals surface area contributed by atoms with Crippen LogP contribution in [0.1, 0.15) is 26.2 Å². The Bertz CT molecular complexity index is 140. The summed E-state index contributed by atoms with van der Waals surface area (Å²) in [5.74, 6) is 0. The van der Waals surface area contributed by atoms with Gasteiger partial charge in [0.1, 0.15) is 0 Å². The molecule has 1 unspecified atom stereocenters. The van der Waals surface area contributed by atoms with Gasteiger partial charge in [0, 0.05) is 20.2 Å². The minimum atomic E-state index is 0.301. The second-order valence-electron chi connectivity index (χ2n) is 4.23. The van der Waals surface area contributed by atoms with Crippen molar-refractivity contribution in [2.24, 2.45) is 11.1 Å². The van der Waals surface area contributed by atoms with Crippen LogP contribution in [0.25, 0.3) is 0 Å². The van der Waals surface area contributed by atoms with Gasteiger partial charge in [0.15, 0.2) is 0 Å². The standard InChI is InChI=1S/C10H22N2O/c1-9(13-2)6-12-8-10(7-11)4-3-5-10/h9,12H,3-8,11H2,1-2H3. The Morgan fingerprint density at radius 3 is 2.62 bits per heavy atom. The Morgan fingerprint density at radius 2 is 2.23 bits per heavy atom. The average Bonchev–Trinajstić information content (AvgIpc) is 2.09. The maximum absolute atomic E-state index is 5.75. The molecule has 0 heterocycles. The average molecular weight is 186 g/mol. The highest BCUT2D eigenvalue weighted by Crippen LogP contribution is 2.38. The van der Waals surface area contributed by atoms with E-state index < -0.39 is 0 Å². The summed E-state index contributed by atoms with van der Waals surface area (Å²) in [5.41, 5.74) is 6.16. The highest BCUT2D eigenvalue weighted by atomic mass is 16.5. The summed E-state index contributed by atoms with van der Waals surface area (Å²) in [5, 5.41) is 3.42. The highest BCUT2D eigenvalue weighted by molar-refractivity contribution is 4.90. The van der Waals surface area contributed by atoms with Gasteiger partial charge >= 0.3 is 0 Å². The van der Waals surface area contributed by atoms with E-state index in [2.05, 4.69) is 12.2 Å². The van der Waals surface area contributed by atoms with Crippen LogP contribution in [0.15, 0.2) is 0 Å². The lowest BCUT2D eigenvalue weighted by molar-refractivity contribution is 0.0993. The number of nitrogens with two attached hydrogens (primary N) is 1. The molecular weight excluding hydrogens is 164 g/mol. The van der Waals surface area contributed by atoms with Crippen molar-refractivity contribution in [3.8, 4) is 0 Å². The molecule has 13 heavy (non-hydrogen) atoms. The Labute approximate surface area is 81.0 Å². The Morgan fingerprint density at radius 1 is 1.54 bits per heavy atom. The lowest BCUT2D eigenvalue weighted by atomic mass is 9.69. The molecule has 0 aromatic heterocycles. The topological polar surface area (TPSA) is 47.3 Å². The second kappa shape index (κ2) is 4.94. The van der Waals surface area contributed by atoms with Crippen LogP contribution in [-0.4, -0.2) is 32.8 Å². The normalized spacial score (nSPS) is 22.4. The zero-order valence-corrected chi connectivity index (χ0v) is 8.81. The molecule has 0 aromatic carbocycles. The predicted octanol–water partition coefficient (Wildman–Crippen LogP) is 0.740. The van der Waals surface area contributed by atoms with Crippen LogP contribution >= 0.6 is 0 Å². The zero-order valence-electron chi connectivity index (χ0n) is 8.81. The Hall–Kier alpha value is -0.120. The quantitative estimate of drug-likeness (QED) is 0.643. The van der Waals surface area contributed by atoms with Crippen molar-refractivity contribution < 1.29 is 4.74 Å². The monoisotopic (exact) mass is 186 g/mol. The third-order valence-corrected chi connectivity index (χ3v) is 3.18. The molecule has 1 aliphatic rings. The smallest absolute Gasteiger partial charge is 0.0667 e. The molecule has 1 rings (SSSR count). The molecule has 0 radical (unpaired) electrons. The van der Waals surface area contributed by atoms with Gasteiger partial charge in [-0.15, -0.1) is 0 Å². The minimum Gasteiger partial charge on any atom is -0.380 e. The van der Waals surface area contributed by atoms with Crippen molar-refractivity contribution in [2.45, 2.75) is 32.3 Å². The first kappa shape index (κ1) is 11.0. The van der Waals surface area contributed by atoms with Gasteiger partial charge in [0.05, 0.1) is 6.10 Å². The van der Waals surface area contributed by atoms with Crippen LogP contribution in [0.3, 0.4) is 0 Å². The van der Waals surface area contributed by atoms with Crippen LogP contribution in [0.4, 0.5) is 0 Å². The van der Waals surface area contributed by atoms with Crippen LogP contribution in [0.5, 0.6) is 0 Å². The van der Waals surface area contributed by atoms with Gasteiger partial charge in [-0.1, -0.05) is 6.42 Å². The summed E-state index contributed by atoms with van der Waals surface area (Å²) in [6.07, 6.45) is 4.23. The van der Waals surface area contributed by atoms with Gasteiger partial charge in [-0.2, -0.15) is 0 Å². The van der Waals surface area contributed by atoms with Crippen molar-refractivity contribution in [3.63, 3.8) is 0 Å². The maximum Gasteiger partial charge on any atom is 0.0667 e. The molecule has 0 saturated heterocycles. The summed E-state index contributed by atoms with van der Waals surface area (Å²) in [4.78, 5) is 0. The largest absolute Gasteiger partial charge is 0.380 e. The number of hydrogen-bond acceptors (Lipinski definition) is 3. The molecule has 0 spiro atoms. The van der Waals surface area contributed by atoms with Crippen molar-refractivity contribution in [1.29, 1.82) is 0 Å². The first-order chi connectivity index (χ1) is 6.22. The number of hydrogen-bond donors (Lipinski definition) is 2. The number of nitrogens with one attached hydrogen (secondary N) is 1. The van der Waals surface area contributed by atoms with Gasteiger partial charge in [-0.25, -0.2) is 0 Å². The first-order valence-electron chi connectivity index (χ1n) is 5.16. The summed E-state index contributed by atoms with van der Waals surface area (Å²) < 4.78 is 5.16. The lowest BCUT2D eigenvalue weighted by Gasteiger charge is -2.41. The van der Waals surface area contributed by atoms with Crippen molar-refractivity contribution in [2.75, 3.05) is 26.7 Å². The summed E-state index contributed by atoms with van der Waals surface area (Å²) in [6.45, 7) is 4.87. The molecule has 1 saturated carbocycles. The molecule has 0 aromatic rings. The fourth-order valence-electron chi connectivity index (χ4n) is 1.75. The van der Waals surface area contributed by atoms with Gasteiger partial charge in [0.2, 0.25) is 0 Å². The van der Waals surface area contributed by atoms with E-state index in [4.69, 9.17) is 10.5 Å². The number of methoxy groups -OCH3 is 1. The molecule has 1 fully saturated rings. The van der Waals surface area contributed by atoms with Gasteiger partial charge in [-0.05, 0) is 31.7 Å². The van der Waals surface area contributed by atoms with E-state index in [1.165, 1.54) is 19.3 Å². The highest BCUT2D eigenvalue weighted by Gasteiger charge is 2.34. The van der Waals surface area contributed by atoms with E-state index in [0.717, 1.165) is 19.6 Å². The molecule has 0 amide bonds. The molecule has 1 atom stereocenters. The van der Waals surface area contributed by atoms with Gasteiger partial charge in [0.25, 0.3) is 0 Å². The third-order valence-electron chi connectivity index (χ3n) is 3.18. The van der Waals surface area contributed by atoms with Crippen molar-refractivity contribution in [1.82, 2.24) is 5.32 Å². The zero-order chi connectivity index (χ0) is 9.73. The van der Waals surface area contributed by atoms with E-state index >= 15 is 0 Å². The molecule has 3 N–H and O–H groups in total. The van der Waals surface area contributed by atoms with Crippen LogP contribution in [0.2, 0.25) is 0 Å². The molecule has 3 heteroatoms. The van der Waals surface area contributed by atoms with Crippen LogP contribution < -0.4 is 11.1 Å². The van der Waals surface area contributed by atoms with E-state index in [0.29, 0.717) is 11.5 Å². The van der Waals surface area contributed by atoms with E-state index in [9.17, 15) is 0 Å². The van der Waals surface area contributed by atoms with Gasteiger partial charge < -0.3 is 15.8 Å². The van der Waals surface area contributed by atoms with Crippen molar-refractivity contribution in [3.05, 3.63) is 0 Å². The summed E-state index contributed by atoms with van der Waals surface area (Å²) in [6, 6.07) is 0. The third kappa shape index (κ3) is 2.93. The van der Waals surface area contributed by atoms with Gasteiger partial charge in [-0.3, -0.25) is 0 Å². The maximum atomic E-state index is 5.75. The Balaban J connectivity index is 2.10. The van der Waals surface area contributed by atoms with E-state index in [1.807, 2.05) is 0 Å². The van der Waals surface area contributed by atoms with Crippen LogP contribution in [-0.2, 0) is 4.74 Å². The second-order valence-corrected chi connectivity index (χ2v) is 4.23. The number of ether oxygens (including phenoxy) is 1. The van der Waals surface area contributed by atoms with Crippen LogP contribution in [0, 0.1) is 5.41 Å². The predicted molar refractivity (Wildman–Crippen MR) is 54.7 cm³/mol. The lowest BCUT2D eigenvalue weighted by Crippen LogP contribution is -2.46. The number of rotatable bonds is 6. The summed E-state index contributed by atoms with van der Waals surface area (Å²) in [7, 11) is 1.74. The molecule has 78 valence electrons. The fourth-order valence-corrected chi connectivity index (χ4v) is 1.75. The van der Waals surface area contributed by atoms with Crippen molar-refractivity contribution >= 4 is 0 Å². The molecule has 0 bridgehead atoms. The molecular formula is C10H22N2O. The molecule has 1 aliphatic carbocycles. The SMILES string of the molecule is COC(C)CNCC1(CN)CCC1. The van der Waals surface area contributed by atoms with E-state index in [1.54, 1.807) is 7.11 Å². The molecule has 0 aliphatic heterocycles. The summed E-state index contributed by atoms with van der Waals surface area (Å²) >= 11 is 0. The Kier molecular flexibility index (Phi) is 4.16.